The minimum Gasteiger partial charge on any atom is -0.493 e. The lowest BCUT2D eigenvalue weighted by molar-refractivity contribution is -0.120. The second-order valence-corrected chi connectivity index (χ2v) is 5.44. The number of nitrogens with zero attached hydrogens (tertiary/aromatic N) is 1. The maximum absolute atomic E-state index is 12.8. The summed E-state index contributed by atoms with van der Waals surface area (Å²) in [5.41, 5.74) is 3.14. The van der Waals surface area contributed by atoms with Crippen molar-refractivity contribution in [2.24, 2.45) is 5.10 Å². The van der Waals surface area contributed by atoms with Gasteiger partial charge >= 0.3 is 0 Å². The molecule has 0 bridgehead atoms. The Morgan fingerprint density at radius 1 is 1.04 bits per heavy atom. The van der Waals surface area contributed by atoms with Crippen molar-refractivity contribution >= 4 is 18.0 Å². The third-order valence-electron chi connectivity index (χ3n) is 3.61. The van der Waals surface area contributed by atoms with Crippen LogP contribution in [0.1, 0.15) is 15.9 Å². The molecule has 9 heteroatoms. The molecule has 0 heterocycles. The average molecular weight is 389 g/mol. The second-order valence-electron chi connectivity index (χ2n) is 5.44. The maximum Gasteiger partial charge on any atom is 0.259 e. The highest BCUT2D eigenvalue weighted by atomic mass is 19.1. The summed E-state index contributed by atoms with van der Waals surface area (Å²) in [5, 5.41) is 6.25. The molecule has 0 aliphatic carbocycles. The molecular formula is C19H20FN3O5. The molecule has 2 aromatic rings. The van der Waals surface area contributed by atoms with Gasteiger partial charge in [-0.05, 0) is 36.4 Å². The van der Waals surface area contributed by atoms with Crippen LogP contribution in [0.4, 0.5) is 4.39 Å². The lowest BCUT2D eigenvalue weighted by Crippen LogP contribution is -2.34. The Morgan fingerprint density at radius 3 is 2.18 bits per heavy atom. The number of amides is 2. The quantitative estimate of drug-likeness (QED) is 0.529. The molecule has 2 aromatic carbocycles. The highest BCUT2D eigenvalue weighted by Gasteiger charge is 2.12. The number of methoxy groups -OCH3 is 3. The molecular weight excluding hydrogens is 369 g/mol. The van der Waals surface area contributed by atoms with E-state index in [-0.39, 0.29) is 12.1 Å². The van der Waals surface area contributed by atoms with Crippen LogP contribution in [0.2, 0.25) is 0 Å². The molecule has 0 aromatic heterocycles. The number of hydrogen-bond donors (Lipinski definition) is 2. The van der Waals surface area contributed by atoms with Crippen LogP contribution in [-0.4, -0.2) is 45.9 Å². The van der Waals surface area contributed by atoms with Gasteiger partial charge in [-0.3, -0.25) is 9.59 Å². The number of hydrazone groups is 1. The van der Waals surface area contributed by atoms with Crippen LogP contribution in [0.15, 0.2) is 41.5 Å². The highest BCUT2D eigenvalue weighted by Crippen LogP contribution is 2.37. The van der Waals surface area contributed by atoms with E-state index in [2.05, 4.69) is 15.8 Å². The molecule has 2 N–H and O–H groups in total. The Balaban J connectivity index is 1.92. The number of nitrogens with one attached hydrogen (secondary N) is 2. The van der Waals surface area contributed by atoms with E-state index in [1.54, 1.807) is 12.1 Å². The zero-order valence-corrected chi connectivity index (χ0v) is 15.6. The van der Waals surface area contributed by atoms with Gasteiger partial charge in [0.05, 0.1) is 34.1 Å². The summed E-state index contributed by atoms with van der Waals surface area (Å²) < 4.78 is 28.5. The number of ether oxygens (including phenoxy) is 3. The standard InChI is InChI=1S/C19H20FN3O5/c1-26-15-8-12(9-16(27-2)18(15)28-3)10-22-23-17(24)11-21-19(25)13-4-6-14(20)7-5-13/h4-10H,11H2,1-3H3,(H,21,25)(H,23,24)/b22-10+. The monoisotopic (exact) mass is 389 g/mol. The highest BCUT2D eigenvalue weighted by molar-refractivity contribution is 5.96. The predicted molar refractivity (Wildman–Crippen MR) is 101 cm³/mol. The Bertz CT molecular complexity index is 843. The van der Waals surface area contributed by atoms with Gasteiger partial charge in [0, 0.05) is 11.1 Å². The van der Waals surface area contributed by atoms with E-state index in [4.69, 9.17) is 14.2 Å². The summed E-state index contributed by atoms with van der Waals surface area (Å²) in [4.78, 5) is 23.7. The summed E-state index contributed by atoms with van der Waals surface area (Å²) >= 11 is 0. The normalized spacial score (nSPS) is 10.4. The van der Waals surface area contributed by atoms with E-state index < -0.39 is 17.6 Å². The van der Waals surface area contributed by atoms with Crippen LogP contribution in [-0.2, 0) is 4.79 Å². The van der Waals surface area contributed by atoms with Crippen LogP contribution in [0, 0.1) is 5.82 Å². The maximum atomic E-state index is 12.8. The van der Waals surface area contributed by atoms with E-state index in [0.717, 1.165) is 12.1 Å². The molecule has 0 unspecified atom stereocenters. The van der Waals surface area contributed by atoms with E-state index in [9.17, 15) is 14.0 Å². The van der Waals surface area contributed by atoms with E-state index in [1.807, 2.05) is 0 Å². The molecule has 0 aliphatic rings. The topological polar surface area (TPSA) is 98.2 Å². The number of benzene rings is 2. The average Bonchev–Trinajstić information content (AvgIpc) is 2.71. The molecule has 0 fully saturated rings. The molecule has 148 valence electrons. The molecule has 0 aliphatic heterocycles. The van der Waals surface area contributed by atoms with Crippen molar-refractivity contribution in [2.45, 2.75) is 0 Å². The minimum atomic E-state index is -0.529. The van der Waals surface area contributed by atoms with Crippen molar-refractivity contribution < 1.29 is 28.2 Å². The van der Waals surface area contributed by atoms with Crippen LogP contribution in [0.25, 0.3) is 0 Å². The minimum absolute atomic E-state index is 0.245. The zero-order chi connectivity index (χ0) is 20.5. The lowest BCUT2D eigenvalue weighted by Gasteiger charge is -2.12. The van der Waals surface area contributed by atoms with E-state index in [0.29, 0.717) is 22.8 Å². The summed E-state index contributed by atoms with van der Waals surface area (Å²) in [5.74, 6) is -0.143. The van der Waals surface area contributed by atoms with Gasteiger partial charge in [-0.15, -0.1) is 0 Å². The van der Waals surface area contributed by atoms with Gasteiger partial charge in [-0.25, -0.2) is 9.82 Å². The second kappa shape index (κ2) is 9.91. The van der Waals surface area contributed by atoms with Gasteiger partial charge in [-0.2, -0.15) is 5.10 Å². The summed E-state index contributed by atoms with van der Waals surface area (Å²) in [6, 6.07) is 8.30. The Labute approximate surface area is 161 Å². The first-order valence-electron chi connectivity index (χ1n) is 8.14. The van der Waals surface area contributed by atoms with Gasteiger partial charge < -0.3 is 19.5 Å². The fourth-order valence-corrected chi connectivity index (χ4v) is 2.26. The van der Waals surface area contributed by atoms with Crippen LogP contribution >= 0.6 is 0 Å². The first-order chi connectivity index (χ1) is 13.5. The summed E-state index contributed by atoms with van der Waals surface area (Å²) in [7, 11) is 4.47. The van der Waals surface area contributed by atoms with E-state index in [1.165, 1.54) is 39.7 Å². The number of carbonyl (C=O) groups excluding carboxylic acids is 2. The van der Waals surface area contributed by atoms with Gasteiger partial charge in [0.1, 0.15) is 5.82 Å². The van der Waals surface area contributed by atoms with Gasteiger partial charge in [-0.1, -0.05) is 0 Å². The molecule has 0 spiro atoms. The third kappa shape index (κ3) is 5.44. The summed E-state index contributed by atoms with van der Waals surface area (Å²) in [6.07, 6.45) is 1.39. The fourth-order valence-electron chi connectivity index (χ4n) is 2.26. The molecule has 0 saturated heterocycles. The van der Waals surface area contributed by atoms with Crippen molar-refractivity contribution in [2.75, 3.05) is 27.9 Å². The van der Waals surface area contributed by atoms with E-state index >= 15 is 0 Å². The molecule has 0 saturated carbocycles. The Morgan fingerprint density at radius 2 is 1.64 bits per heavy atom. The first kappa shape index (κ1) is 20.7. The van der Waals surface area contributed by atoms with Crippen molar-refractivity contribution in [1.29, 1.82) is 0 Å². The Kier molecular flexibility index (Phi) is 7.32. The third-order valence-corrected chi connectivity index (χ3v) is 3.61. The molecule has 2 amide bonds. The van der Waals surface area contributed by atoms with Crippen molar-refractivity contribution in [1.82, 2.24) is 10.7 Å². The molecule has 2 rings (SSSR count). The smallest absolute Gasteiger partial charge is 0.259 e. The first-order valence-corrected chi connectivity index (χ1v) is 8.14. The molecule has 0 radical (unpaired) electrons. The molecule has 0 atom stereocenters. The van der Waals surface area contributed by atoms with Crippen LogP contribution in [0.3, 0.4) is 0 Å². The number of hydrogen-bond acceptors (Lipinski definition) is 6. The largest absolute Gasteiger partial charge is 0.493 e. The van der Waals surface area contributed by atoms with Crippen molar-refractivity contribution in [3.63, 3.8) is 0 Å². The lowest BCUT2D eigenvalue weighted by atomic mass is 10.2. The number of rotatable bonds is 8. The zero-order valence-electron chi connectivity index (χ0n) is 15.6. The molecule has 8 nitrogen and oxygen atoms in total. The fraction of sp³-hybridized carbons (Fsp3) is 0.211. The van der Waals surface area contributed by atoms with Crippen LogP contribution < -0.4 is 25.0 Å². The summed E-state index contributed by atoms with van der Waals surface area (Å²) in [6.45, 7) is -0.289. The predicted octanol–water partition coefficient (Wildman–Crippen LogP) is 1.73. The SMILES string of the molecule is COc1cc(/C=N/NC(=O)CNC(=O)c2ccc(F)cc2)cc(OC)c1OC. The van der Waals surface area contributed by atoms with Crippen molar-refractivity contribution in [3.8, 4) is 17.2 Å². The van der Waals surface area contributed by atoms with Gasteiger partial charge in [0.15, 0.2) is 11.5 Å². The van der Waals surface area contributed by atoms with Gasteiger partial charge in [0.2, 0.25) is 5.75 Å². The van der Waals surface area contributed by atoms with Crippen LogP contribution in [0.5, 0.6) is 17.2 Å². The number of halogens is 1. The molecule has 28 heavy (non-hydrogen) atoms. The van der Waals surface area contributed by atoms with Crippen molar-refractivity contribution in [3.05, 3.63) is 53.3 Å². The Hall–Kier alpha value is -3.62. The van der Waals surface area contributed by atoms with Gasteiger partial charge in [0.25, 0.3) is 11.8 Å². The number of carbonyl (C=O) groups is 2.